The van der Waals surface area contributed by atoms with Crippen LogP contribution in [-0.2, 0) is 6.42 Å². The lowest BCUT2D eigenvalue weighted by Crippen LogP contribution is -2.26. The average Bonchev–Trinajstić information content (AvgIpc) is 2.36. The van der Waals surface area contributed by atoms with Crippen LogP contribution in [-0.4, -0.2) is 26.2 Å². The van der Waals surface area contributed by atoms with Gasteiger partial charge in [0.15, 0.2) is 0 Å². The lowest BCUT2D eigenvalue weighted by molar-refractivity contribution is 0.826. The minimum atomic E-state index is 0.00863. The van der Waals surface area contributed by atoms with Crippen molar-refractivity contribution in [1.29, 1.82) is 0 Å². The molecule has 0 saturated carbocycles. The Bertz CT molecular complexity index is 491. The van der Waals surface area contributed by atoms with E-state index in [1.165, 1.54) is 0 Å². The molecule has 0 bridgehead atoms. The molecule has 0 aliphatic carbocycles. The molecular weight excluding hydrogens is 379 g/mol. The normalized spacial score (nSPS) is 28.3. The summed E-state index contributed by atoms with van der Waals surface area (Å²) in [5.74, 6) is 1.89. The quantitative estimate of drug-likeness (QED) is 0.780. The maximum Gasteiger partial charge on any atom is 0.264 e. The van der Waals surface area contributed by atoms with E-state index >= 15 is 0 Å². The van der Waals surface area contributed by atoms with Crippen LogP contribution in [0.4, 0.5) is 0 Å². The van der Waals surface area contributed by atoms with Crippen LogP contribution in [0, 0.1) is 3.57 Å². The van der Waals surface area contributed by atoms with Crippen molar-refractivity contribution in [2.24, 2.45) is 0 Å². The summed E-state index contributed by atoms with van der Waals surface area (Å²) in [6.45, 7) is 6.56. The number of thioether (sulfide) groups is 2. The summed E-state index contributed by atoms with van der Waals surface area (Å²) < 4.78 is 0.730. The number of H-pyrrole nitrogens is 1. The van der Waals surface area contributed by atoms with Crippen molar-refractivity contribution >= 4 is 46.1 Å². The number of nitrogens with zero attached hydrogens (tertiary/aromatic N) is 1. The van der Waals surface area contributed by atoms with Gasteiger partial charge in [-0.05, 0) is 29.0 Å². The molecule has 6 heteroatoms. The van der Waals surface area contributed by atoms with Crippen molar-refractivity contribution in [1.82, 2.24) is 9.97 Å². The molecule has 3 nitrogen and oxygen atoms in total. The van der Waals surface area contributed by atoms with Crippen molar-refractivity contribution in [2.75, 3.05) is 5.75 Å². The van der Waals surface area contributed by atoms with E-state index in [0.717, 1.165) is 27.3 Å². The molecule has 3 unspecified atom stereocenters. The monoisotopic (exact) mass is 396 g/mol. The molecule has 1 N–H and O–H groups in total. The molecule has 1 aliphatic heterocycles. The Labute approximate surface area is 129 Å². The van der Waals surface area contributed by atoms with Gasteiger partial charge in [-0.2, -0.15) is 11.8 Å². The van der Waals surface area contributed by atoms with Crippen LogP contribution in [0.15, 0.2) is 4.79 Å². The Morgan fingerprint density at radius 1 is 1.44 bits per heavy atom. The van der Waals surface area contributed by atoms with Crippen molar-refractivity contribution in [3.05, 3.63) is 25.4 Å². The second-order valence-corrected chi connectivity index (χ2v) is 8.51. The van der Waals surface area contributed by atoms with Gasteiger partial charge in [-0.3, -0.25) is 4.79 Å². The van der Waals surface area contributed by atoms with Crippen molar-refractivity contribution in [2.45, 2.75) is 42.9 Å². The van der Waals surface area contributed by atoms with Crippen molar-refractivity contribution in [3.63, 3.8) is 0 Å². The first kappa shape index (κ1) is 14.7. The summed E-state index contributed by atoms with van der Waals surface area (Å²) in [7, 11) is 0. The van der Waals surface area contributed by atoms with Crippen molar-refractivity contribution in [3.8, 4) is 0 Å². The zero-order chi connectivity index (χ0) is 13.3. The van der Waals surface area contributed by atoms with Gasteiger partial charge >= 0.3 is 0 Å². The summed E-state index contributed by atoms with van der Waals surface area (Å²) in [5.41, 5.74) is 0.931. The molecule has 3 atom stereocenters. The highest BCUT2D eigenvalue weighted by molar-refractivity contribution is 14.1. The maximum absolute atomic E-state index is 11.9. The van der Waals surface area contributed by atoms with E-state index in [-0.39, 0.29) is 5.56 Å². The van der Waals surface area contributed by atoms with E-state index in [9.17, 15) is 4.79 Å². The highest BCUT2D eigenvalue weighted by Gasteiger charge is 2.28. The third kappa shape index (κ3) is 3.07. The molecule has 100 valence electrons. The lowest BCUT2D eigenvalue weighted by atomic mass is 10.3. The van der Waals surface area contributed by atoms with Crippen LogP contribution in [0.25, 0.3) is 0 Å². The van der Waals surface area contributed by atoms with Gasteiger partial charge < -0.3 is 4.98 Å². The smallest absolute Gasteiger partial charge is 0.264 e. The van der Waals surface area contributed by atoms with Gasteiger partial charge in [0.25, 0.3) is 5.56 Å². The average molecular weight is 396 g/mol. The Morgan fingerprint density at radius 2 is 2.17 bits per heavy atom. The lowest BCUT2D eigenvalue weighted by Gasteiger charge is -2.30. The Hall–Kier alpha value is 0.310. The first-order chi connectivity index (χ1) is 8.52. The van der Waals surface area contributed by atoms with Crippen LogP contribution in [0.5, 0.6) is 0 Å². The van der Waals surface area contributed by atoms with Crippen LogP contribution in [0.1, 0.15) is 37.5 Å². The molecule has 0 amide bonds. The molecule has 1 aromatic rings. The second-order valence-electron chi connectivity index (χ2n) is 4.43. The van der Waals surface area contributed by atoms with Crippen LogP contribution in [0.3, 0.4) is 0 Å². The number of hydrogen-bond acceptors (Lipinski definition) is 4. The first-order valence-corrected chi connectivity index (χ1v) is 9.15. The number of aryl methyl sites for hydroxylation is 1. The number of aromatic nitrogens is 2. The number of aromatic amines is 1. The molecule has 1 fully saturated rings. The minimum absolute atomic E-state index is 0.00863. The summed E-state index contributed by atoms with van der Waals surface area (Å²) >= 11 is 5.97. The zero-order valence-electron chi connectivity index (χ0n) is 10.7. The van der Waals surface area contributed by atoms with E-state index in [0.29, 0.717) is 15.7 Å². The molecule has 2 rings (SSSR count). The molecule has 1 aliphatic rings. The minimum Gasteiger partial charge on any atom is -0.309 e. The third-order valence-corrected chi connectivity index (χ3v) is 7.65. The van der Waals surface area contributed by atoms with Crippen molar-refractivity contribution < 1.29 is 0 Å². The number of halogens is 1. The van der Waals surface area contributed by atoms with Gasteiger partial charge in [0.1, 0.15) is 5.82 Å². The fourth-order valence-electron chi connectivity index (χ4n) is 1.84. The van der Waals surface area contributed by atoms with E-state index < -0.39 is 0 Å². The van der Waals surface area contributed by atoms with Gasteiger partial charge in [-0.25, -0.2) is 4.98 Å². The summed E-state index contributed by atoms with van der Waals surface area (Å²) in [4.78, 5) is 19.5. The highest BCUT2D eigenvalue weighted by Crippen LogP contribution is 2.43. The predicted molar refractivity (Wildman–Crippen MR) is 88.7 cm³/mol. The summed E-state index contributed by atoms with van der Waals surface area (Å²) in [6, 6.07) is 0. The zero-order valence-corrected chi connectivity index (χ0v) is 14.5. The maximum atomic E-state index is 11.9. The van der Waals surface area contributed by atoms with E-state index in [4.69, 9.17) is 0 Å². The van der Waals surface area contributed by atoms with Gasteiger partial charge in [0.2, 0.25) is 0 Å². The molecule has 1 saturated heterocycles. The molecule has 1 aromatic heterocycles. The van der Waals surface area contributed by atoms with Crippen LogP contribution in [0.2, 0.25) is 0 Å². The summed E-state index contributed by atoms with van der Waals surface area (Å²) in [5, 5.41) is 1.59. The fraction of sp³-hybridized carbons (Fsp3) is 0.667. The Morgan fingerprint density at radius 3 is 2.78 bits per heavy atom. The fourth-order valence-corrected chi connectivity index (χ4v) is 5.34. The second kappa shape index (κ2) is 6.17. The predicted octanol–water partition coefficient (Wildman–Crippen LogP) is 3.24. The van der Waals surface area contributed by atoms with Gasteiger partial charge in [-0.15, -0.1) is 11.8 Å². The molecular formula is C12H17IN2OS2. The largest absolute Gasteiger partial charge is 0.309 e. The molecule has 2 heterocycles. The molecule has 0 spiro atoms. The van der Waals surface area contributed by atoms with Crippen LogP contribution >= 0.6 is 46.1 Å². The number of rotatable bonds is 2. The first-order valence-electron chi connectivity index (χ1n) is 6.08. The molecule has 0 radical (unpaired) electrons. The van der Waals surface area contributed by atoms with Gasteiger partial charge in [0.05, 0.1) is 14.5 Å². The summed E-state index contributed by atoms with van der Waals surface area (Å²) in [6.07, 6.45) is 0.811. The Kier molecular flexibility index (Phi) is 5.05. The standard InChI is InChI=1S/C12H17IN2OS2/c1-4-8-10(13)12(16)15-11(14-8)9-5-17-6(2)7(3)18-9/h6-7,9H,4-5H2,1-3H3,(H,14,15,16). The third-order valence-electron chi connectivity index (χ3n) is 3.14. The van der Waals surface area contributed by atoms with Gasteiger partial charge in [0, 0.05) is 16.3 Å². The molecule has 0 aromatic carbocycles. The van der Waals surface area contributed by atoms with Gasteiger partial charge in [-0.1, -0.05) is 20.8 Å². The highest BCUT2D eigenvalue weighted by atomic mass is 127. The SMILES string of the molecule is CCc1nc(C2CSC(C)C(C)S2)[nH]c(=O)c1I. The molecule has 18 heavy (non-hydrogen) atoms. The van der Waals surface area contributed by atoms with E-state index in [2.05, 4.69) is 46.4 Å². The van der Waals surface area contributed by atoms with Crippen LogP contribution < -0.4 is 5.56 Å². The topological polar surface area (TPSA) is 45.8 Å². The van der Waals surface area contributed by atoms with E-state index in [1.54, 1.807) is 0 Å². The Balaban J connectivity index is 2.29. The van der Waals surface area contributed by atoms with E-state index in [1.807, 2.05) is 30.4 Å². The number of nitrogens with one attached hydrogen (secondary N) is 1. The number of hydrogen-bond donors (Lipinski definition) is 1.